The molecule has 1 atom stereocenters. The third-order valence-electron chi connectivity index (χ3n) is 3.01. The molecule has 1 aromatic rings. The van der Waals surface area contributed by atoms with Crippen molar-refractivity contribution >= 4 is 17.6 Å². The zero-order chi connectivity index (χ0) is 13.8. The molecule has 0 aromatic heterocycles. The van der Waals surface area contributed by atoms with Crippen LogP contribution >= 0.6 is 0 Å². The molecule has 1 aliphatic rings. The third kappa shape index (κ3) is 3.06. The van der Waals surface area contributed by atoms with Crippen molar-refractivity contribution in [1.82, 2.24) is 10.6 Å². The largest absolute Gasteiger partial charge is 0.319 e. The number of hydrogen-bond donors (Lipinski definition) is 2. The van der Waals surface area contributed by atoms with E-state index in [0.717, 1.165) is 5.56 Å². The van der Waals surface area contributed by atoms with Crippen LogP contribution in [0.5, 0.6) is 0 Å². The van der Waals surface area contributed by atoms with Crippen LogP contribution in [0.4, 0.5) is 0 Å². The molecule has 0 fully saturated rings. The van der Waals surface area contributed by atoms with Crippen molar-refractivity contribution in [3.05, 3.63) is 35.4 Å². The molecule has 5 heteroatoms. The molecule has 5 nitrogen and oxygen atoms in total. The van der Waals surface area contributed by atoms with Gasteiger partial charge in [0.2, 0.25) is 5.91 Å². The van der Waals surface area contributed by atoms with E-state index < -0.39 is 5.92 Å². The summed E-state index contributed by atoms with van der Waals surface area (Å²) in [7, 11) is 1.81. The summed E-state index contributed by atoms with van der Waals surface area (Å²) < 4.78 is 0. The van der Waals surface area contributed by atoms with Gasteiger partial charge in [-0.05, 0) is 19.5 Å². The lowest BCUT2D eigenvalue weighted by Crippen LogP contribution is -2.43. The number of benzene rings is 1. The monoisotopic (exact) mass is 259 g/mol. The predicted octanol–water partition coefficient (Wildman–Crippen LogP) is 0.743. The van der Waals surface area contributed by atoms with Gasteiger partial charge < -0.3 is 10.6 Å². The molecule has 1 aliphatic heterocycles. The first-order valence-corrected chi connectivity index (χ1v) is 6.25. The van der Waals surface area contributed by atoms with Crippen molar-refractivity contribution in [2.75, 3.05) is 13.6 Å². The van der Waals surface area contributed by atoms with Gasteiger partial charge in [0.25, 0.3) is 5.91 Å². The molecule has 2 N–H and O–H groups in total. The molecule has 19 heavy (non-hydrogen) atoms. The summed E-state index contributed by atoms with van der Waals surface area (Å²) in [5.41, 5.74) is 1.71. The van der Waals surface area contributed by atoms with Gasteiger partial charge >= 0.3 is 0 Å². The van der Waals surface area contributed by atoms with Crippen LogP contribution in [0, 0.1) is 6.92 Å². The number of hydrogen-bond acceptors (Lipinski definition) is 3. The van der Waals surface area contributed by atoms with Gasteiger partial charge in [-0.15, -0.1) is 0 Å². The maximum Gasteiger partial charge on any atom is 0.264 e. The molecular weight excluding hydrogens is 242 g/mol. The smallest absolute Gasteiger partial charge is 0.264 e. The van der Waals surface area contributed by atoms with Crippen LogP contribution in [-0.4, -0.2) is 31.2 Å². The zero-order valence-electron chi connectivity index (χ0n) is 11.1. The summed E-state index contributed by atoms with van der Waals surface area (Å²) in [6.07, 6.45) is 0.536. The van der Waals surface area contributed by atoms with Crippen molar-refractivity contribution in [3.63, 3.8) is 0 Å². The molecule has 0 aliphatic carbocycles. The summed E-state index contributed by atoms with van der Waals surface area (Å²) in [6.45, 7) is 2.60. The Morgan fingerprint density at radius 3 is 2.79 bits per heavy atom. The Balaban J connectivity index is 2.22. The van der Waals surface area contributed by atoms with E-state index in [0.29, 0.717) is 24.4 Å². The first-order valence-electron chi connectivity index (χ1n) is 6.25. The lowest BCUT2D eigenvalue weighted by atomic mass is 9.95. The van der Waals surface area contributed by atoms with E-state index >= 15 is 0 Å². The van der Waals surface area contributed by atoms with Gasteiger partial charge in [-0.25, -0.2) is 0 Å². The number of nitrogens with one attached hydrogen (secondary N) is 2. The summed E-state index contributed by atoms with van der Waals surface area (Å²) in [5.74, 6) is -1.07. The number of rotatable bonds is 4. The minimum absolute atomic E-state index is 0.295. The maximum atomic E-state index is 12.1. The van der Waals surface area contributed by atoms with Crippen LogP contribution in [0.25, 0.3) is 0 Å². The van der Waals surface area contributed by atoms with Gasteiger partial charge in [0.15, 0.2) is 0 Å². The average Bonchev–Trinajstić information content (AvgIpc) is 2.35. The quantitative estimate of drug-likeness (QED) is 0.784. The first-order chi connectivity index (χ1) is 9.11. The number of amides is 2. The minimum atomic E-state index is -0.821. The van der Waals surface area contributed by atoms with Crippen molar-refractivity contribution in [2.24, 2.45) is 4.99 Å². The average molecular weight is 259 g/mol. The molecule has 0 saturated carbocycles. The SMILES string of the molecule is CNCCC1=NC(=O)C(c2cccc(C)c2)C(=O)N1. The Hall–Kier alpha value is -2.01. The van der Waals surface area contributed by atoms with Gasteiger partial charge in [-0.3, -0.25) is 9.59 Å². The van der Waals surface area contributed by atoms with Crippen LogP contribution in [-0.2, 0) is 9.59 Å². The van der Waals surface area contributed by atoms with Crippen molar-refractivity contribution in [3.8, 4) is 0 Å². The van der Waals surface area contributed by atoms with Gasteiger partial charge in [0, 0.05) is 13.0 Å². The highest BCUT2D eigenvalue weighted by Gasteiger charge is 2.32. The number of carbonyl (C=O) groups excluding carboxylic acids is 2. The van der Waals surface area contributed by atoms with E-state index in [9.17, 15) is 9.59 Å². The fraction of sp³-hybridized carbons (Fsp3) is 0.357. The van der Waals surface area contributed by atoms with Gasteiger partial charge in [-0.1, -0.05) is 29.8 Å². The standard InChI is InChI=1S/C14H17N3O2/c1-9-4-3-5-10(8-9)12-13(18)16-11(6-7-15-2)17-14(12)19/h3-5,8,12,15H,6-7H2,1-2H3,(H,16,17,18,19). The second kappa shape index (κ2) is 5.75. The van der Waals surface area contributed by atoms with Gasteiger partial charge in [0.1, 0.15) is 11.8 Å². The van der Waals surface area contributed by atoms with Crippen LogP contribution < -0.4 is 10.6 Å². The van der Waals surface area contributed by atoms with E-state index in [4.69, 9.17) is 0 Å². The van der Waals surface area contributed by atoms with E-state index in [2.05, 4.69) is 15.6 Å². The van der Waals surface area contributed by atoms with E-state index in [1.54, 1.807) is 6.07 Å². The predicted molar refractivity (Wildman–Crippen MR) is 73.0 cm³/mol. The Bertz CT molecular complexity index is 537. The lowest BCUT2D eigenvalue weighted by Gasteiger charge is -2.20. The van der Waals surface area contributed by atoms with Gasteiger partial charge in [0.05, 0.1) is 0 Å². The highest BCUT2D eigenvalue weighted by molar-refractivity contribution is 6.19. The first kappa shape index (κ1) is 13.4. The molecule has 0 saturated heterocycles. The number of carbonyl (C=O) groups is 2. The molecule has 1 unspecified atom stereocenters. The van der Waals surface area contributed by atoms with Crippen molar-refractivity contribution in [2.45, 2.75) is 19.3 Å². The molecule has 0 spiro atoms. The number of nitrogens with zero attached hydrogens (tertiary/aromatic N) is 1. The molecule has 100 valence electrons. The molecule has 2 amide bonds. The van der Waals surface area contributed by atoms with Crippen LogP contribution in [0.1, 0.15) is 23.5 Å². The highest BCUT2D eigenvalue weighted by atomic mass is 16.2. The second-order valence-corrected chi connectivity index (χ2v) is 4.59. The summed E-state index contributed by atoms with van der Waals surface area (Å²) >= 11 is 0. The molecular formula is C14H17N3O2. The molecule has 2 rings (SSSR count). The normalized spacial score (nSPS) is 19.1. The Labute approximate surface area is 112 Å². The third-order valence-corrected chi connectivity index (χ3v) is 3.01. The zero-order valence-corrected chi connectivity index (χ0v) is 11.1. The summed E-state index contributed by atoms with van der Waals surface area (Å²) in [6, 6.07) is 7.39. The lowest BCUT2D eigenvalue weighted by molar-refractivity contribution is -0.129. The Kier molecular flexibility index (Phi) is 4.06. The fourth-order valence-corrected chi connectivity index (χ4v) is 2.06. The molecule has 0 bridgehead atoms. The maximum absolute atomic E-state index is 12.1. The van der Waals surface area contributed by atoms with Crippen LogP contribution in [0.3, 0.4) is 0 Å². The van der Waals surface area contributed by atoms with E-state index in [1.165, 1.54) is 0 Å². The Morgan fingerprint density at radius 1 is 1.37 bits per heavy atom. The molecule has 1 heterocycles. The van der Waals surface area contributed by atoms with Crippen molar-refractivity contribution < 1.29 is 9.59 Å². The minimum Gasteiger partial charge on any atom is -0.319 e. The summed E-state index contributed by atoms with van der Waals surface area (Å²) in [4.78, 5) is 28.0. The number of aryl methyl sites for hydroxylation is 1. The number of aliphatic imine (C=N–C) groups is 1. The highest BCUT2D eigenvalue weighted by Crippen LogP contribution is 2.21. The number of amidine groups is 1. The van der Waals surface area contributed by atoms with Gasteiger partial charge in [-0.2, -0.15) is 4.99 Å². The second-order valence-electron chi connectivity index (χ2n) is 4.59. The summed E-state index contributed by atoms with van der Waals surface area (Å²) in [5, 5.41) is 5.65. The van der Waals surface area contributed by atoms with E-state index in [1.807, 2.05) is 32.2 Å². The Morgan fingerprint density at radius 2 is 2.16 bits per heavy atom. The van der Waals surface area contributed by atoms with Crippen LogP contribution in [0.2, 0.25) is 0 Å². The molecule has 0 radical (unpaired) electrons. The van der Waals surface area contributed by atoms with Crippen LogP contribution in [0.15, 0.2) is 29.3 Å². The van der Waals surface area contributed by atoms with E-state index in [-0.39, 0.29) is 11.8 Å². The molecule has 1 aromatic carbocycles. The topological polar surface area (TPSA) is 70.6 Å². The fourth-order valence-electron chi connectivity index (χ4n) is 2.06. The van der Waals surface area contributed by atoms with Crippen molar-refractivity contribution in [1.29, 1.82) is 0 Å².